The molecule has 5 nitrogen and oxygen atoms in total. The van der Waals surface area contributed by atoms with Gasteiger partial charge in [-0.2, -0.15) is 0 Å². The highest BCUT2D eigenvalue weighted by atomic mass is 35.5. The molecular formula is C16H17ClN2O3. The number of nitrogens with one attached hydrogen (secondary N) is 2. The predicted molar refractivity (Wildman–Crippen MR) is 88.4 cm³/mol. The van der Waals surface area contributed by atoms with Crippen molar-refractivity contribution in [3.63, 3.8) is 0 Å². The number of aryl methyl sites for hydroxylation is 1. The van der Waals surface area contributed by atoms with Crippen LogP contribution in [0.3, 0.4) is 0 Å². The minimum Gasteiger partial charge on any atom is -0.493 e. The Morgan fingerprint density at radius 2 is 1.55 bits per heavy atom. The van der Waals surface area contributed by atoms with Crippen LogP contribution < -0.4 is 20.1 Å². The number of benzene rings is 2. The molecule has 0 atom stereocenters. The van der Waals surface area contributed by atoms with Gasteiger partial charge in [0.05, 0.1) is 14.2 Å². The third-order valence-electron chi connectivity index (χ3n) is 3.07. The van der Waals surface area contributed by atoms with Gasteiger partial charge in [-0.15, -0.1) is 0 Å². The van der Waals surface area contributed by atoms with Crippen LogP contribution in [0.4, 0.5) is 16.2 Å². The fourth-order valence-electron chi connectivity index (χ4n) is 1.88. The fourth-order valence-corrected chi connectivity index (χ4v) is 2.06. The van der Waals surface area contributed by atoms with Crippen molar-refractivity contribution in [3.05, 3.63) is 47.0 Å². The molecule has 0 aromatic heterocycles. The van der Waals surface area contributed by atoms with Crippen molar-refractivity contribution in [2.75, 3.05) is 24.9 Å². The van der Waals surface area contributed by atoms with Gasteiger partial charge in [-0.3, -0.25) is 0 Å². The molecule has 0 aliphatic rings. The highest BCUT2D eigenvalue weighted by Gasteiger charge is 2.08. The van der Waals surface area contributed by atoms with Gasteiger partial charge in [0.1, 0.15) is 0 Å². The van der Waals surface area contributed by atoms with Crippen LogP contribution in [0.25, 0.3) is 0 Å². The van der Waals surface area contributed by atoms with Crippen LogP contribution in [-0.4, -0.2) is 20.3 Å². The van der Waals surface area contributed by atoms with Gasteiger partial charge < -0.3 is 20.1 Å². The molecule has 0 heterocycles. The predicted octanol–water partition coefficient (Wildman–Crippen LogP) is 4.31. The molecule has 2 aromatic rings. The maximum atomic E-state index is 12.0. The van der Waals surface area contributed by atoms with Gasteiger partial charge in [-0.05, 0) is 36.8 Å². The summed E-state index contributed by atoms with van der Waals surface area (Å²) in [6.07, 6.45) is 0. The lowest BCUT2D eigenvalue weighted by molar-refractivity contribution is 0.262. The van der Waals surface area contributed by atoms with Gasteiger partial charge in [0, 0.05) is 22.5 Å². The zero-order valence-corrected chi connectivity index (χ0v) is 13.3. The van der Waals surface area contributed by atoms with Crippen LogP contribution in [0.2, 0.25) is 5.02 Å². The van der Waals surface area contributed by atoms with Gasteiger partial charge in [0.25, 0.3) is 0 Å². The Labute approximate surface area is 134 Å². The molecule has 2 N–H and O–H groups in total. The number of urea groups is 1. The minimum absolute atomic E-state index is 0.368. The van der Waals surface area contributed by atoms with Crippen molar-refractivity contribution in [2.45, 2.75) is 6.92 Å². The van der Waals surface area contributed by atoms with Crippen molar-refractivity contribution < 1.29 is 14.3 Å². The molecule has 0 radical (unpaired) electrons. The second kappa shape index (κ2) is 7.04. The zero-order valence-electron chi connectivity index (χ0n) is 12.6. The van der Waals surface area contributed by atoms with Crippen molar-refractivity contribution >= 4 is 29.0 Å². The highest BCUT2D eigenvalue weighted by Crippen LogP contribution is 2.29. The van der Waals surface area contributed by atoms with Gasteiger partial charge in [-0.25, -0.2) is 4.79 Å². The number of ether oxygens (including phenoxy) is 2. The average molecular weight is 321 g/mol. The second-order valence-electron chi connectivity index (χ2n) is 4.61. The summed E-state index contributed by atoms with van der Waals surface area (Å²) in [5.74, 6) is 1.14. The van der Waals surface area contributed by atoms with E-state index in [1.807, 2.05) is 13.0 Å². The number of anilines is 2. The Balaban J connectivity index is 2.07. The molecule has 22 heavy (non-hydrogen) atoms. The largest absolute Gasteiger partial charge is 0.493 e. The normalized spacial score (nSPS) is 10.0. The number of carbonyl (C=O) groups is 1. The number of hydrogen-bond donors (Lipinski definition) is 2. The molecule has 2 rings (SSSR count). The summed E-state index contributed by atoms with van der Waals surface area (Å²) in [7, 11) is 3.09. The van der Waals surface area contributed by atoms with Crippen molar-refractivity contribution in [1.82, 2.24) is 0 Å². The number of rotatable bonds is 4. The highest BCUT2D eigenvalue weighted by molar-refractivity contribution is 6.31. The molecule has 0 bridgehead atoms. The summed E-state index contributed by atoms with van der Waals surface area (Å²) in [4.78, 5) is 12.0. The monoisotopic (exact) mass is 320 g/mol. The Kier molecular flexibility index (Phi) is 5.12. The molecule has 0 aliphatic heterocycles. The van der Waals surface area contributed by atoms with Crippen LogP contribution in [0, 0.1) is 6.92 Å². The van der Waals surface area contributed by atoms with E-state index in [9.17, 15) is 4.79 Å². The molecule has 116 valence electrons. The number of carbonyl (C=O) groups excluding carboxylic acids is 1. The quantitative estimate of drug-likeness (QED) is 0.882. The van der Waals surface area contributed by atoms with E-state index < -0.39 is 0 Å². The molecule has 2 aromatic carbocycles. The summed E-state index contributed by atoms with van der Waals surface area (Å²) >= 11 is 6.03. The molecule has 0 unspecified atom stereocenters. The Morgan fingerprint density at radius 1 is 0.955 bits per heavy atom. The Morgan fingerprint density at radius 3 is 2.14 bits per heavy atom. The fraction of sp³-hybridized carbons (Fsp3) is 0.188. The van der Waals surface area contributed by atoms with E-state index in [0.29, 0.717) is 27.9 Å². The standard InChI is InChI=1S/C16H17ClN2O3/c1-10-4-5-11(8-13(10)17)18-16(20)19-12-6-7-14(21-2)15(9-12)22-3/h4-9H,1-3H3,(H2,18,19,20). The number of halogens is 1. The van der Waals surface area contributed by atoms with Crippen molar-refractivity contribution in [3.8, 4) is 11.5 Å². The van der Waals surface area contributed by atoms with Gasteiger partial charge in [0.2, 0.25) is 0 Å². The van der Waals surface area contributed by atoms with E-state index in [2.05, 4.69) is 10.6 Å². The number of amides is 2. The lowest BCUT2D eigenvalue weighted by Crippen LogP contribution is -2.19. The van der Waals surface area contributed by atoms with Gasteiger partial charge in [0.15, 0.2) is 11.5 Å². The topological polar surface area (TPSA) is 59.6 Å². The zero-order chi connectivity index (χ0) is 16.1. The second-order valence-corrected chi connectivity index (χ2v) is 5.02. The number of hydrogen-bond acceptors (Lipinski definition) is 3. The molecular weight excluding hydrogens is 304 g/mol. The first-order valence-electron chi connectivity index (χ1n) is 6.59. The molecule has 0 spiro atoms. The van der Waals surface area contributed by atoms with E-state index in [4.69, 9.17) is 21.1 Å². The van der Waals surface area contributed by atoms with E-state index in [0.717, 1.165) is 5.56 Å². The first-order chi connectivity index (χ1) is 10.5. The summed E-state index contributed by atoms with van der Waals surface area (Å²) in [5.41, 5.74) is 2.16. The molecule has 0 saturated carbocycles. The first kappa shape index (κ1) is 16.0. The van der Waals surface area contributed by atoms with Crippen LogP contribution in [-0.2, 0) is 0 Å². The third kappa shape index (κ3) is 3.83. The average Bonchev–Trinajstić information content (AvgIpc) is 2.50. The smallest absolute Gasteiger partial charge is 0.323 e. The maximum Gasteiger partial charge on any atom is 0.323 e. The molecule has 6 heteroatoms. The molecule has 0 aliphatic carbocycles. The molecule has 0 saturated heterocycles. The number of methoxy groups -OCH3 is 2. The maximum absolute atomic E-state index is 12.0. The summed E-state index contributed by atoms with van der Waals surface area (Å²) in [5, 5.41) is 6.04. The van der Waals surface area contributed by atoms with Crippen molar-refractivity contribution in [2.24, 2.45) is 0 Å². The van der Waals surface area contributed by atoms with Crippen molar-refractivity contribution in [1.29, 1.82) is 0 Å². The summed E-state index contributed by atoms with van der Waals surface area (Å²) in [6, 6.07) is 10.1. The van der Waals surface area contributed by atoms with E-state index in [1.54, 1.807) is 37.4 Å². The Hall–Kier alpha value is -2.40. The summed E-state index contributed by atoms with van der Waals surface area (Å²) in [6.45, 7) is 1.90. The SMILES string of the molecule is COc1ccc(NC(=O)Nc2ccc(C)c(Cl)c2)cc1OC. The lowest BCUT2D eigenvalue weighted by Gasteiger charge is -2.11. The molecule has 0 fully saturated rings. The Bertz CT molecular complexity index is 689. The van der Waals surface area contributed by atoms with Gasteiger partial charge in [-0.1, -0.05) is 17.7 Å². The van der Waals surface area contributed by atoms with Crippen LogP contribution >= 0.6 is 11.6 Å². The van der Waals surface area contributed by atoms with Gasteiger partial charge >= 0.3 is 6.03 Å². The van der Waals surface area contributed by atoms with Crippen LogP contribution in [0.1, 0.15) is 5.56 Å². The third-order valence-corrected chi connectivity index (χ3v) is 3.48. The lowest BCUT2D eigenvalue weighted by atomic mass is 10.2. The van der Waals surface area contributed by atoms with E-state index in [1.165, 1.54) is 7.11 Å². The minimum atomic E-state index is -0.368. The van der Waals surface area contributed by atoms with Crippen LogP contribution in [0.5, 0.6) is 11.5 Å². The summed E-state index contributed by atoms with van der Waals surface area (Å²) < 4.78 is 10.3. The van der Waals surface area contributed by atoms with E-state index in [-0.39, 0.29) is 6.03 Å². The van der Waals surface area contributed by atoms with E-state index >= 15 is 0 Å². The first-order valence-corrected chi connectivity index (χ1v) is 6.97. The molecule has 2 amide bonds. The van der Waals surface area contributed by atoms with Crippen LogP contribution in [0.15, 0.2) is 36.4 Å².